The van der Waals surface area contributed by atoms with Gasteiger partial charge in [-0.15, -0.1) is 0 Å². The van der Waals surface area contributed by atoms with Gasteiger partial charge in [0.15, 0.2) is 6.29 Å². The first kappa shape index (κ1) is 20.8. The van der Waals surface area contributed by atoms with Crippen molar-refractivity contribution in [3.8, 4) is 0 Å². The standard InChI is InChI=1S/C16H33NO6/c1-6-12(21-10(7-17)9(2)19)23-14-11(8-18)22-15(13(14)20)16(3,4)5/h9-15,18-20H,6-8,17H2,1-5H3/t9?,10-,11?,12?,13?,14?,15?/m0/s1. The molecule has 1 rings (SSSR count). The fourth-order valence-corrected chi connectivity index (χ4v) is 2.73. The van der Waals surface area contributed by atoms with Gasteiger partial charge in [-0.3, -0.25) is 0 Å². The van der Waals surface area contributed by atoms with Crippen LogP contribution in [0.5, 0.6) is 0 Å². The Bertz CT molecular complexity index is 346. The topological polar surface area (TPSA) is 114 Å². The van der Waals surface area contributed by atoms with Crippen molar-refractivity contribution < 1.29 is 29.5 Å². The molecular formula is C16H33NO6. The van der Waals surface area contributed by atoms with Gasteiger partial charge in [-0.1, -0.05) is 27.7 Å². The van der Waals surface area contributed by atoms with E-state index in [1.165, 1.54) is 0 Å². The van der Waals surface area contributed by atoms with Crippen LogP contribution in [0.3, 0.4) is 0 Å². The Balaban J connectivity index is 2.78. The highest BCUT2D eigenvalue weighted by Crippen LogP contribution is 2.36. The molecule has 0 amide bonds. The first-order valence-corrected chi connectivity index (χ1v) is 8.29. The molecule has 0 spiro atoms. The SMILES string of the molecule is CCC(OC1C(CO)OC(C(C)(C)C)C1O)O[C@@H](CN)C(C)O. The third-order valence-corrected chi connectivity index (χ3v) is 4.11. The summed E-state index contributed by atoms with van der Waals surface area (Å²) in [4.78, 5) is 0. The van der Waals surface area contributed by atoms with Gasteiger partial charge in [0, 0.05) is 6.54 Å². The van der Waals surface area contributed by atoms with E-state index in [4.69, 9.17) is 19.9 Å². The summed E-state index contributed by atoms with van der Waals surface area (Å²) in [5.74, 6) is 0. The molecule has 7 nitrogen and oxygen atoms in total. The summed E-state index contributed by atoms with van der Waals surface area (Å²) in [6, 6.07) is 0. The van der Waals surface area contributed by atoms with Crippen LogP contribution in [-0.2, 0) is 14.2 Å². The van der Waals surface area contributed by atoms with E-state index in [1.807, 2.05) is 27.7 Å². The lowest BCUT2D eigenvalue weighted by Gasteiger charge is -2.31. The second kappa shape index (κ2) is 8.71. The molecule has 1 aliphatic rings. The van der Waals surface area contributed by atoms with E-state index in [1.54, 1.807) is 6.92 Å². The van der Waals surface area contributed by atoms with E-state index >= 15 is 0 Å². The fraction of sp³-hybridized carbons (Fsp3) is 1.00. The molecule has 1 fully saturated rings. The van der Waals surface area contributed by atoms with Gasteiger partial charge in [0.05, 0.1) is 24.9 Å². The predicted octanol–water partition coefficient (Wildman–Crippen LogP) is -0.000900. The van der Waals surface area contributed by atoms with E-state index in [2.05, 4.69) is 0 Å². The van der Waals surface area contributed by atoms with Gasteiger partial charge in [0.2, 0.25) is 0 Å². The van der Waals surface area contributed by atoms with Gasteiger partial charge in [0.1, 0.15) is 18.3 Å². The Morgan fingerprint density at radius 3 is 2.30 bits per heavy atom. The molecule has 5 N–H and O–H groups in total. The van der Waals surface area contributed by atoms with Crippen molar-refractivity contribution >= 4 is 0 Å². The molecule has 6 unspecified atom stereocenters. The highest BCUT2D eigenvalue weighted by atomic mass is 16.7. The number of rotatable bonds is 8. The summed E-state index contributed by atoms with van der Waals surface area (Å²) in [6.45, 7) is 9.27. The third-order valence-electron chi connectivity index (χ3n) is 4.11. The lowest BCUT2D eigenvalue weighted by Crippen LogP contribution is -2.45. The lowest BCUT2D eigenvalue weighted by atomic mass is 9.85. The molecule has 1 heterocycles. The smallest absolute Gasteiger partial charge is 0.158 e. The van der Waals surface area contributed by atoms with Crippen LogP contribution in [0.4, 0.5) is 0 Å². The maximum atomic E-state index is 10.5. The molecule has 0 radical (unpaired) electrons. The van der Waals surface area contributed by atoms with E-state index < -0.39 is 42.9 Å². The zero-order chi connectivity index (χ0) is 17.8. The minimum atomic E-state index is -0.868. The molecule has 0 aromatic carbocycles. The number of ether oxygens (including phenoxy) is 3. The van der Waals surface area contributed by atoms with Gasteiger partial charge < -0.3 is 35.3 Å². The van der Waals surface area contributed by atoms with Crippen LogP contribution >= 0.6 is 0 Å². The second-order valence-electron chi connectivity index (χ2n) is 7.22. The van der Waals surface area contributed by atoms with Crippen molar-refractivity contribution in [3.05, 3.63) is 0 Å². The Kier molecular flexibility index (Phi) is 7.86. The Morgan fingerprint density at radius 1 is 1.30 bits per heavy atom. The quantitative estimate of drug-likeness (QED) is 0.462. The minimum absolute atomic E-state index is 0.162. The molecule has 0 bridgehead atoms. The number of hydrogen-bond acceptors (Lipinski definition) is 7. The highest BCUT2D eigenvalue weighted by molar-refractivity contribution is 4.96. The maximum absolute atomic E-state index is 10.5. The summed E-state index contributed by atoms with van der Waals surface area (Å²) >= 11 is 0. The van der Waals surface area contributed by atoms with E-state index in [0.717, 1.165) is 0 Å². The molecule has 1 aliphatic heterocycles. The number of aliphatic hydroxyl groups excluding tert-OH is 3. The first-order chi connectivity index (χ1) is 10.6. The second-order valence-corrected chi connectivity index (χ2v) is 7.22. The fourth-order valence-electron chi connectivity index (χ4n) is 2.73. The van der Waals surface area contributed by atoms with Crippen LogP contribution in [0.2, 0.25) is 0 Å². The third kappa shape index (κ3) is 5.35. The maximum Gasteiger partial charge on any atom is 0.158 e. The molecule has 7 heteroatoms. The molecule has 1 saturated heterocycles. The van der Waals surface area contributed by atoms with E-state index in [0.29, 0.717) is 6.42 Å². The summed E-state index contributed by atoms with van der Waals surface area (Å²) < 4.78 is 17.3. The average Bonchev–Trinajstić information content (AvgIpc) is 2.79. The lowest BCUT2D eigenvalue weighted by molar-refractivity contribution is -0.226. The van der Waals surface area contributed by atoms with E-state index in [-0.39, 0.29) is 18.6 Å². The zero-order valence-corrected chi connectivity index (χ0v) is 14.8. The van der Waals surface area contributed by atoms with Gasteiger partial charge in [-0.2, -0.15) is 0 Å². The number of aliphatic hydroxyl groups is 3. The van der Waals surface area contributed by atoms with Gasteiger partial charge in [-0.25, -0.2) is 0 Å². The van der Waals surface area contributed by atoms with Crippen LogP contribution in [0.25, 0.3) is 0 Å². The van der Waals surface area contributed by atoms with Gasteiger partial charge >= 0.3 is 0 Å². The largest absolute Gasteiger partial charge is 0.394 e. The minimum Gasteiger partial charge on any atom is -0.394 e. The Morgan fingerprint density at radius 2 is 1.91 bits per heavy atom. The predicted molar refractivity (Wildman–Crippen MR) is 85.8 cm³/mol. The van der Waals surface area contributed by atoms with Crippen molar-refractivity contribution in [2.75, 3.05) is 13.2 Å². The zero-order valence-electron chi connectivity index (χ0n) is 14.8. The van der Waals surface area contributed by atoms with Crippen LogP contribution < -0.4 is 5.73 Å². The normalized spacial score (nSPS) is 32.7. The summed E-state index contributed by atoms with van der Waals surface area (Å²) in [6.07, 6.45) is -4.02. The highest BCUT2D eigenvalue weighted by Gasteiger charge is 2.49. The average molecular weight is 335 g/mol. The Labute approximate surface area is 138 Å². The molecule has 0 aliphatic carbocycles. The van der Waals surface area contributed by atoms with Crippen LogP contribution in [0, 0.1) is 5.41 Å². The summed E-state index contributed by atoms with van der Waals surface area (Å²) in [7, 11) is 0. The summed E-state index contributed by atoms with van der Waals surface area (Å²) in [5, 5.41) is 29.7. The molecule has 138 valence electrons. The van der Waals surface area contributed by atoms with Crippen LogP contribution in [0.1, 0.15) is 41.0 Å². The summed E-state index contributed by atoms with van der Waals surface area (Å²) in [5.41, 5.74) is 5.31. The van der Waals surface area contributed by atoms with Crippen molar-refractivity contribution in [2.45, 2.75) is 84.0 Å². The van der Waals surface area contributed by atoms with Crippen LogP contribution in [-0.4, -0.2) is 71.4 Å². The number of nitrogens with two attached hydrogens (primary N) is 1. The molecule has 0 aromatic heterocycles. The molecule has 0 aromatic rings. The van der Waals surface area contributed by atoms with Crippen molar-refractivity contribution in [2.24, 2.45) is 11.1 Å². The molecule has 23 heavy (non-hydrogen) atoms. The first-order valence-electron chi connectivity index (χ1n) is 8.29. The Hall–Kier alpha value is -0.280. The van der Waals surface area contributed by atoms with Crippen LogP contribution in [0.15, 0.2) is 0 Å². The molecule has 7 atom stereocenters. The van der Waals surface area contributed by atoms with Crippen molar-refractivity contribution in [3.63, 3.8) is 0 Å². The van der Waals surface area contributed by atoms with E-state index in [9.17, 15) is 15.3 Å². The number of hydrogen-bond donors (Lipinski definition) is 4. The van der Waals surface area contributed by atoms with Crippen molar-refractivity contribution in [1.29, 1.82) is 0 Å². The molecular weight excluding hydrogens is 302 g/mol. The van der Waals surface area contributed by atoms with Crippen molar-refractivity contribution in [1.82, 2.24) is 0 Å². The monoisotopic (exact) mass is 335 g/mol. The van der Waals surface area contributed by atoms with Gasteiger partial charge in [0.25, 0.3) is 0 Å². The molecule has 0 saturated carbocycles. The van der Waals surface area contributed by atoms with Gasteiger partial charge in [-0.05, 0) is 18.8 Å².